The zero-order chi connectivity index (χ0) is 20.9. The molecule has 2 aromatic rings. The van der Waals surface area contributed by atoms with Crippen molar-refractivity contribution in [1.82, 2.24) is 0 Å². The van der Waals surface area contributed by atoms with Crippen LogP contribution in [0.25, 0.3) is 11.1 Å². The molecular weight excluding hydrogens is 374 g/mol. The molecule has 0 aliphatic heterocycles. The van der Waals surface area contributed by atoms with E-state index < -0.39 is 0 Å². The van der Waals surface area contributed by atoms with Crippen molar-refractivity contribution in [3.05, 3.63) is 59.4 Å². The van der Waals surface area contributed by atoms with Crippen LogP contribution in [0, 0.1) is 17.7 Å². The molecular formula is C28H36F2. The van der Waals surface area contributed by atoms with E-state index in [4.69, 9.17) is 0 Å². The van der Waals surface area contributed by atoms with Gasteiger partial charge in [0.15, 0.2) is 0 Å². The van der Waals surface area contributed by atoms with Gasteiger partial charge in [-0.2, -0.15) is 0 Å². The van der Waals surface area contributed by atoms with Gasteiger partial charge in [0.05, 0.1) is 6.67 Å². The molecule has 2 aliphatic rings. The molecule has 0 aromatic heterocycles. The smallest absolute Gasteiger partial charge is 0.131 e. The molecule has 0 saturated heterocycles. The Balaban J connectivity index is 1.41. The number of hydrogen-bond acceptors (Lipinski definition) is 0. The van der Waals surface area contributed by atoms with Gasteiger partial charge in [-0.1, -0.05) is 56.2 Å². The lowest BCUT2D eigenvalue weighted by molar-refractivity contribution is 0.263. The van der Waals surface area contributed by atoms with Gasteiger partial charge in [-0.05, 0) is 97.8 Å². The number of rotatable bonds is 6. The highest BCUT2D eigenvalue weighted by molar-refractivity contribution is 5.65. The van der Waals surface area contributed by atoms with Crippen molar-refractivity contribution < 1.29 is 8.78 Å². The molecule has 0 amide bonds. The summed E-state index contributed by atoms with van der Waals surface area (Å²) in [5, 5.41) is 0. The Hall–Kier alpha value is -1.70. The fourth-order valence-corrected chi connectivity index (χ4v) is 5.80. The zero-order valence-corrected chi connectivity index (χ0v) is 18.4. The normalized spacial score (nSPS) is 27.2. The molecule has 0 radical (unpaired) electrons. The van der Waals surface area contributed by atoms with E-state index in [2.05, 4.69) is 37.3 Å². The molecule has 2 fully saturated rings. The van der Waals surface area contributed by atoms with Crippen molar-refractivity contribution in [2.24, 2.45) is 11.8 Å². The van der Waals surface area contributed by atoms with Crippen LogP contribution in [0.5, 0.6) is 0 Å². The first-order valence-corrected chi connectivity index (χ1v) is 12.1. The Morgan fingerprint density at radius 1 is 0.733 bits per heavy atom. The van der Waals surface area contributed by atoms with Gasteiger partial charge >= 0.3 is 0 Å². The summed E-state index contributed by atoms with van der Waals surface area (Å²) in [5.41, 5.74) is 4.14. The molecule has 0 unspecified atom stereocenters. The molecule has 4 rings (SSSR count). The quantitative estimate of drug-likeness (QED) is 0.446. The van der Waals surface area contributed by atoms with Gasteiger partial charge in [0.2, 0.25) is 0 Å². The van der Waals surface area contributed by atoms with E-state index in [1.807, 2.05) is 6.07 Å². The fraction of sp³-hybridized carbons (Fsp3) is 0.571. The molecule has 2 aliphatic carbocycles. The van der Waals surface area contributed by atoms with Crippen molar-refractivity contribution in [2.45, 2.75) is 83.0 Å². The summed E-state index contributed by atoms with van der Waals surface area (Å²) in [6.07, 6.45) is 11.7. The molecule has 0 N–H and O–H groups in total. The number of alkyl halides is 1. The minimum atomic E-state index is -0.179. The van der Waals surface area contributed by atoms with Crippen molar-refractivity contribution >= 4 is 0 Å². The molecule has 162 valence electrons. The SMILES string of the molecule is CCCC1CCC(c2ccc(-c3ccc(C4CCC(CF)CC4)cc3)c(F)c2)CC1. The first-order chi connectivity index (χ1) is 14.7. The van der Waals surface area contributed by atoms with E-state index in [1.165, 1.54) is 49.7 Å². The van der Waals surface area contributed by atoms with Gasteiger partial charge in [-0.3, -0.25) is 4.39 Å². The van der Waals surface area contributed by atoms with Crippen LogP contribution in [-0.4, -0.2) is 6.67 Å². The highest BCUT2D eigenvalue weighted by atomic mass is 19.1. The summed E-state index contributed by atoms with van der Waals surface area (Å²) >= 11 is 0. The average Bonchev–Trinajstić information content (AvgIpc) is 2.80. The van der Waals surface area contributed by atoms with Crippen LogP contribution in [0.3, 0.4) is 0 Å². The van der Waals surface area contributed by atoms with Crippen LogP contribution >= 0.6 is 0 Å². The third kappa shape index (κ3) is 4.95. The minimum Gasteiger partial charge on any atom is -0.251 e. The summed E-state index contributed by atoms with van der Waals surface area (Å²) in [6, 6.07) is 14.3. The average molecular weight is 411 g/mol. The van der Waals surface area contributed by atoms with Crippen molar-refractivity contribution in [3.8, 4) is 11.1 Å². The summed E-state index contributed by atoms with van der Waals surface area (Å²) in [7, 11) is 0. The van der Waals surface area contributed by atoms with Gasteiger partial charge < -0.3 is 0 Å². The predicted molar refractivity (Wildman–Crippen MR) is 122 cm³/mol. The van der Waals surface area contributed by atoms with Gasteiger partial charge in [0.25, 0.3) is 0 Å². The Kier molecular flexibility index (Phi) is 7.23. The minimum absolute atomic E-state index is 0.0978. The summed E-state index contributed by atoms with van der Waals surface area (Å²) in [4.78, 5) is 0. The molecule has 2 saturated carbocycles. The second-order valence-corrected chi connectivity index (χ2v) is 9.74. The molecule has 0 spiro atoms. The van der Waals surface area contributed by atoms with Crippen molar-refractivity contribution in [1.29, 1.82) is 0 Å². The van der Waals surface area contributed by atoms with Crippen LogP contribution in [0.1, 0.15) is 94.1 Å². The van der Waals surface area contributed by atoms with Crippen LogP contribution in [0.2, 0.25) is 0 Å². The third-order valence-corrected chi connectivity index (χ3v) is 7.77. The van der Waals surface area contributed by atoms with Gasteiger partial charge in [0.1, 0.15) is 5.82 Å². The lowest BCUT2D eigenvalue weighted by atomic mass is 9.77. The standard InChI is InChI=1S/C28H36F2/c1-2-3-20-4-8-24(9-5-20)26-16-17-27(28(30)18-26)25-14-12-23(13-15-25)22-10-6-21(19-29)7-11-22/h12-18,20-22,24H,2-11,19H2,1H3. The molecule has 0 nitrogen and oxygen atoms in total. The van der Waals surface area contributed by atoms with E-state index in [0.717, 1.165) is 37.2 Å². The highest BCUT2D eigenvalue weighted by Gasteiger charge is 2.24. The van der Waals surface area contributed by atoms with Gasteiger partial charge in [-0.25, -0.2) is 4.39 Å². The fourth-order valence-electron chi connectivity index (χ4n) is 5.80. The van der Waals surface area contributed by atoms with E-state index in [-0.39, 0.29) is 18.4 Å². The summed E-state index contributed by atoms with van der Waals surface area (Å²) < 4.78 is 27.8. The second-order valence-electron chi connectivity index (χ2n) is 9.74. The number of benzene rings is 2. The first-order valence-electron chi connectivity index (χ1n) is 12.1. The number of hydrogen-bond donors (Lipinski definition) is 0. The zero-order valence-electron chi connectivity index (χ0n) is 18.4. The van der Waals surface area contributed by atoms with Gasteiger partial charge in [0, 0.05) is 5.56 Å². The maximum Gasteiger partial charge on any atom is 0.131 e. The summed E-state index contributed by atoms with van der Waals surface area (Å²) in [6.45, 7) is 2.09. The Labute approximate surface area is 181 Å². The molecule has 30 heavy (non-hydrogen) atoms. The summed E-state index contributed by atoms with van der Waals surface area (Å²) in [5.74, 6) is 2.08. The predicted octanol–water partition coefficient (Wildman–Crippen LogP) is 8.81. The topological polar surface area (TPSA) is 0 Å². The van der Waals surface area contributed by atoms with Crippen LogP contribution in [-0.2, 0) is 0 Å². The molecule has 0 bridgehead atoms. The third-order valence-electron chi connectivity index (χ3n) is 7.77. The maximum absolute atomic E-state index is 15.0. The number of halogens is 2. The van der Waals surface area contributed by atoms with Crippen LogP contribution in [0.4, 0.5) is 8.78 Å². The molecule has 2 aromatic carbocycles. The Bertz CT molecular complexity index is 794. The van der Waals surface area contributed by atoms with Crippen LogP contribution < -0.4 is 0 Å². The van der Waals surface area contributed by atoms with Crippen molar-refractivity contribution in [3.63, 3.8) is 0 Å². The molecule has 0 heterocycles. The second kappa shape index (κ2) is 10.1. The largest absolute Gasteiger partial charge is 0.251 e. The lowest BCUT2D eigenvalue weighted by Crippen LogP contribution is -2.14. The first kappa shape index (κ1) is 21.5. The van der Waals surface area contributed by atoms with Gasteiger partial charge in [-0.15, -0.1) is 0 Å². The maximum atomic E-state index is 15.0. The van der Waals surface area contributed by atoms with E-state index in [1.54, 1.807) is 6.07 Å². The lowest BCUT2D eigenvalue weighted by Gasteiger charge is -2.29. The Morgan fingerprint density at radius 3 is 1.87 bits per heavy atom. The monoisotopic (exact) mass is 410 g/mol. The van der Waals surface area contributed by atoms with E-state index in [0.29, 0.717) is 17.4 Å². The van der Waals surface area contributed by atoms with E-state index >= 15 is 0 Å². The highest BCUT2D eigenvalue weighted by Crippen LogP contribution is 2.39. The molecule has 2 heteroatoms. The van der Waals surface area contributed by atoms with Crippen molar-refractivity contribution in [2.75, 3.05) is 6.67 Å². The molecule has 0 atom stereocenters. The Morgan fingerprint density at radius 2 is 1.30 bits per heavy atom. The van der Waals surface area contributed by atoms with Crippen LogP contribution in [0.15, 0.2) is 42.5 Å². The van der Waals surface area contributed by atoms with E-state index in [9.17, 15) is 8.78 Å².